The molecule has 1 atom stereocenters. The van der Waals surface area contributed by atoms with Gasteiger partial charge < -0.3 is 20.7 Å². The summed E-state index contributed by atoms with van der Waals surface area (Å²) < 4.78 is 5.23. The zero-order valence-corrected chi connectivity index (χ0v) is 18.1. The Bertz CT molecular complexity index is 804. The summed E-state index contributed by atoms with van der Waals surface area (Å²) in [6.07, 6.45) is 10.9. The first-order valence-corrected chi connectivity index (χ1v) is 11.2. The topological polar surface area (TPSA) is 84.0 Å². The van der Waals surface area contributed by atoms with Crippen LogP contribution in [-0.4, -0.2) is 53.3 Å². The highest BCUT2D eigenvalue weighted by atomic mass is 16.5. The number of methoxy groups -OCH3 is 1. The summed E-state index contributed by atoms with van der Waals surface area (Å²) in [5.74, 6) is 2.45. The highest BCUT2D eigenvalue weighted by molar-refractivity contribution is 5.63. The maximum atomic E-state index is 5.23. The van der Waals surface area contributed by atoms with E-state index < -0.39 is 0 Å². The average Bonchev–Trinajstić information content (AvgIpc) is 3.59. The van der Waals surface area contributed by atoms with Crippen LogP contribution in [0.2, 0.25) is 0 Å². The molecular weight excluding hydrogens is 376 g/mol. The Labute approximate surface area is 179 Å². The molecule has 0 amide bonds. The second-order valence-electron chi connectivity index (χ2n) is 8.74. The average molecular weight is 411 g/mol. The Balaban J connectivity index is 1.31. The molecule has 2 aliphatic carbocycles. The fourth-order valence-electron chi connectivity index (χ4n) is 4.13. The van der Waals surface area contributed by atoms with E-state index >= 15 is 0 Å². The minimum atomic E-state index is 0.397. The van der Waals surface area contributed by atoms with Crippen LogP contribution in [-0.2, 0) is 4.74 Å². The Morgan fingerprint density at radius 3 is 2.57 bits per heavy atom. The number of aromatic nitrogens is 3. The van der Waals surface area contributed by atoms with Gasteiger partial charge in [-0.2, -0.15) is 0 Å². The van der Waals surface area contributed by atoms with Gasteiger partial charge in [-0.15, -0.1) is 0 Å². The molecule has 2 saturated carbocycles. The van der Waals surface area contributed by atoms with Crippen molar-refractivity contribution in [3.05, 3.63) is 30.6 Å². The number of anilines is 2. The molecule has 2 aliphatic rings. The minimum Gasteiger partial charge on any atom is -0.383 e. The van der Waals surface area contributed by atoms with Crippen molar-refractivity contribution < 1.29 is 4.74 Å². The van der Waals surface area contributed by atoms with E-state index in [1.165, 1.54) is 12.8 Å². The number of rotatable bonds is 10. The van der Waals surface area contributed by atoms with Crippen molar-refractivity contribution >= 4 is 11.8 Å². The van der Waals surface area contributed by atoms with Gasteiger partial charge in [0.1, 0.15) is 5.82 Å². The molecule has 0 bridgehead atoms. The highest BCUT2D eigenvalue weighted by Gasteiger charge is 2.23. The van der Waals surface area contributed by atoms with Crippen molar-refractivity contribution in [2.45, 2.75) is 63.6 Å². The molecule has 30 heavy (non-hydrogen) atoms. The number of hydrogen-bond acceptors (Lipinski definition) is 7. The molecular formula is C23H34N6O. The lowest BCUT2D eigenvalue weighted by atomic mass is 9.91. The molecule has 162 valence electrons. The van der Waals surface area contributed by atoms with Gasteiger partial charge >= 0.3 is 0 Å². The molecule has 2 aromatic rings. The number of hydrogen-bond donors (Lipinski definition) is 3. The van der Waals surface area contributed by atoms with Crippen LogP contribution in [0.15, 0.2) is 30.6 Å². The Morgan fingerprint density at radius 1 is 1.03 bits per heavy atom. The largest absolute Gasteiger partial charge is 0.383 e. The van der Waals surface area contributed by atoms with Gasteiger partial charge in [-0.05, 0) is 69.6 Å². The quantitative estimate of drug-likeness (QED) is 0.551. The van der Waals surface area contributed by atoms with E-state index in [2.05, 4.69) is 38.9 Å². The van der Waals surface area contributed by atoms with E-state index in [0.717, 1.165) is 61.8 Å². The van der Waals surface area contributed by atoms with Crippen molar-refractivity contribution in [1.29, 1.82) is 0 Å². The standard InChI is InChI=1S/C23H34N6O/c1-16(15-30-2)27-19-5-7-20(8-6-19)28-23-25-12-10-21(29-23)18-9-11-24-22(13-18)26-14-17-3-4-17/h9-13,16-17,19-20,27H,3-8,14-15H2,1-2H3,(H,24,26)(H,25,28,29)/t16-,19?,20?/m1/s1. The second-order valence-corrected chi connectivity index (χ2v) is 8.74. The first-order valence-electron chi connectivity index (χ1n) is 11.2. The predicted octanol–water partition coefficient (Wildman–Crippen LogP) is 3.71. The van der Waals surface area contributed by atoms with Gasteiger partial charge in [0, 0.05) is 49.7 Å². The third-order valence-corrected chi connectivity index (χ3v) is 5.98. The van der Waals surface area contributed by atoms with Crippen LogP contribution in [0.25, 0.3) is 11.3 Å². The molecule has 0 aliphatic heterocycles. The molecule has 0 radical (unpaired) electrons. The molecule has 3 N–H and O–H groups in total. The van der Waals surface area contributed by atoms with Crippen molar-refractivity contribution in [2.24, 2.45) is 5.92 Å². The van der Waals surface area contributed by atoms with Crippen LogP contribution in [0.4, 0.5) is 11.8 Å². The molecule has 0 saturated heterocycles. The summed E-state index contributed by atoms with van der Waals surface area (Å²) in [5, 5.41) is 10.7. The first kappa shape index (κ1) is 21.0. The third kappa shape index (κ3) is 6.12. The van der Waals surface area contributed by atoms with Crippen molar-refractivity contribution in [2.75, 3.05) is 30.9 Å². The van der Waals surface area contributed by atoms with E-state index in [9.17, 15) is 0 Å². The van der Waals surface area contributed by atoms with Gasteiger partial charge in [0.15, 0.2) is 0 Å². The molecule has 2 fully saturated rings. The van der Waals surface area contributed by atoms with Crippen LogP contribution in [0, 0.1) is 5.92 Å². The number of nitrogens with one attached hydrogen (secondary N) is 3. The summed E-state index contributed by atoms with van der Waals surface area (Å²) in [5.41, 5.74) is 1.99. The van der Waals surface area contributed by atoms with Crippen LogP contribution in [0.3, 0.4) is 0 Å². The molecule has 2 aromatic heterocycles. The van der Waals surface area contributed by atoms with Gasteiger partial charge in [-0.25, -0.2) is 15.0 Å². The van der Waals surface area contributed by atoms with Gasteiger partial charge in [-0.1, -0.05) is 0 Å². The molecule has 0 spiro atoms. The van der Waals surface area contributed by atoms with E-state index in [-0.39, 0.29) is 0 Å². The lowest BCUT2D eigenvalue weighted by Crippen LogP contribution is -2.43. The van der Waals surface area contributed by atoms with E-state index in [0.29, 0.717) is 24.1 Å². The molecule has 7 heteroatoms. The smallest absolute Gasteiger partial charge is 0.223 e. The molecule has 0 aromatic carbocycles. The summed E-state index contributed by atoms with van der Waals surface area (Å²) in [6.45, 7) is 3.94. The van der Waals surface area contributed by atoms with E-state index in [4.69, 9.17) is 9.72 Å². The highest BCUT2D eigenvalue weighted by Crippen LogP contribution is 2.29. The zero-order valence-electron chi connectivity index (χ0n) is 18.1. The Kier molecular flexibility index (Phi) is 7.12. The SMILES string of the molecule is COC[C@@H](C)NC1CCC(Nc2nccc(-c3ccnc(NCC4CC4)c3)n2)CC1. The van der Waals surface area contributed by atoms with Gasteiger partial charge in [0.05, 0.1) is 12.3 Å². The summed E-state index contributed by atoms with van der Waals surface area (Å²) in [4.78, 5) is 13.7. The predicted molar refractivity (Wildman–Crippen MR) is 121 cm³/mol. The fourth-order valence-corrected chi connectivity index (χ4v) is 4.13. The minimum absolute atomic E-state index is 0.397. The first-order chi connectivity index (χ1) is 14.7. The third-order valence-electron chi connectivity index (χ3n) is 5.98. The zero-order chi connectivity index (χ0) is 20.8. The van der Waals surface area contributed by atoms with Crippen LogP contribution in [0.5, 0.6) is 0 Å². The fraction of sp³-hybridized carbons (Fsp3) is 0.609. The monoisotopic (exact) mass is 410 g/mol. The number of ether oxygens (including phenoxy) is 1. The maximum Gasteiger partial charge on any atom is 0.223 e. The van der Waals surface area contributed by atoms with Crippen molar-refractivity contribution in [1.82, 2.24) is 20.3 Å². The van der Waals surface area contributed by atoms with Gasteiger partial charge in [0.25, 0.3) is 0 Å². The van der Waals surface area contributed by atoms with Crippen LogP contribution >= 0.6 is 0 Å². The Morgan fingerprint density at radius 2 is 1.80 bits per heavy atom. The molecule has 7 nitrogen and oxygen atoms in total. The summed E-state index contributed by atoms with van der Waals surface area (Å²) >= 11 is 0. The number of pyridine rings is 1. The number of nitrogens with zero attached hydrogens (tertiary/aromatic N) is 3. The van der Waals surface area contributed by atoms with E-state index in [1.54, 1.807) is 7.11 Å². The Hall–Kier alpha value is -2.25. The van der Waals surface area contributed by atoms with Gasteiger partial charge in [-0.3, -0.25) is 0 Å². The van der Waals surface area contributed by atoms with Gasteiger partial charge in [0.2, 0.25) is 5.95 Å². The second kappa shape index (κ2) is 10.2. The summed E-state index contributed by atoms with van der Waals surface area (Å²) in [7, 11) is 1.75. The summed E-state index contributed by atoms with van der Waals surface area (Å²) in [6, 6.07) is 7.43. The maximum absolute atomic E-state index is 5.23. The normalized spacial score (nSPS) is 22.5. The van der Waals surface area contributed by atoms with Crippen molar-refractivity contribution in [3.8, 4) is 11.3 Å². The lowest BCUT2D eigenvalue weighted by Gasteiger charge is -2.31. The van der Waals surface area contributed by atoms with Crippen LogP contribution < -0.4 is 16.0 Å². The van der Waals surface area contributed by atoms with Crippen LogP contribution in [0.1, 0.15) is 45.4 Å². The molecule has 0 unspecified atom stereocenters. The molecule has 4 rings (SSSR count). The lowest BCUT2D eigenvalue weighted by molar-refractivity contribution is 0.161. The van der Waals surface area contributed by atoms with Crippen molar-refractivity contribution in [3.63, 3.8) is 0 Å². The molecule has 2 heterocycles. The van der Waals surface area contributed by atoms with E-state index in [1.807, 2.05) is 24.5 Å².